The summed E-state index contributed by atoms with van der Waals surface area (Å²) in [4.78, 5) is 30.9. The molecular weight excluding hydrogens is 368 g/mol. The Morgan fingerprint density at radius 2 is 1.93 bits per heavy atom. The number of fused-ring (bicyclic) bond motifs is 1. The summed E-state index contributed by atoms with van der Waals surface area (Å²) in [6, 6.07) is 6.11. The van der Waals surface area contributed by atoms with E-state index in [0.717, 1.165) is 36.2 Å². The summed E-state index contributed by atoms with van der Waals surface area (Å²) >= 11 is 0. The van der Waals surface area contributed by atoms with Crippen molar-refractivity contribution in [3.8, 4) is 12.1 Å². The van der Waals surface area contributed by atoms with Gasteiger partial charge in [-0.2, -0.15) is 10.5 Å². The Labute approximate surface area is 169 Å². The van der Waals surface area contributed by atoms with E-state index in [1.165, 1.54) is 0 Å². The van der Waals surface area contributed by atoms with Crippen molar-refractivity contribution in [2.45, 2.75) is 25.7 Å². The molecule has 3 heterocycles. The monoisotopic (exact) mass is 392 g/mol. The Morgan fingerprint density at radius 3 is 2.62 bits per heavy atom. The van der Waals surface area contributed by atoms with Crippen LogP contribution in [0.15, 0.2) is 18.6 Å². The van der Waals surface area contributed by atoms with Crippen molar-refractivity contribution in [2.24, 2.45) is 5.41 Å². The first kappa shape index (κ1) is 19.0. The van der Waals surface area contributed by atoms with Crippen LogP contribution in [0.3, 0.4) is 0 Å². The van der Waals surface area contributed by atoms with Gasteiger partial charge in [0, 0.05) is 50.9 Å². The number of carbonyl (C=O) groups excluding carboxylic acids is 1. The Bertz CT molecular complexity index is 949. The summed E-state index contributed by atoms with van der Waals surface area (Å²) in [5.74, 6) is 0.905. The van der Waals surface area contributed by atoms with Gasteiger partial charge in [0.1, 0.15) is 17.8 Å². The van der Waals surface area contributed by atoms with Gasteiger partial charge < -0.3 is 19.7 Å². The predicted molar refractivity (Wildman–Crippen MR) is 107 cm³/mol. The first-order valence-electron chi connectivity index (χ1n) is 9.97. The fourth-order valence-corrected chi connectivity index (χ4v) is 4.08. The van der Waals surface area contributed by atoms with Gasteiger partial charge in [-0.25, -0.2) is 14.8 Å². The third-order valence-corrected chi connectivity index (χ3v) is 5.81. The number of nitrogens with zero attached hydrogens (tertiary/aromatic N) is 7. The molecule has 0 unspecified atom stereocenters. The zero-order chi connectivity index (χ0) is 20.3. The molecule has 2 aromatic rings. The third kappa shape index (κ3) is 3.95. The number of hydrogen-bond acceptors (Lipinski definition) is 6. The smallest absolute Gasteiger partial charge is 0.320 e. The molecule has 2 aromatic heterocycles. The normalized spacial score (nSPS) is 17.6. The minimum atomic E-state index is -0.0712. The van der Waals surface area contributed by atoms with Crippen molar-refractivity contribution in [1.29, 1.82) is 10.5 Å². The zero-order valence-corrected chi connectivity index (χ0v) is 16.3. The van der Waals surface area contributed by atoms with Crippen LogP contribution < -0.4 is 4.90 Å². The number of rotatable bonds is 5. The van der Waals surface area contributed by atoms with Gasteiger partial charge in [-0.15, -0.1) is 0 Å². The highest BCUT2D eigenvalue weighted by atomic mass is 16.2. The number of carbonyl (C=O) groups is 1. The molecule has 1 aliphatic carbocycles. The number of aromatic amines is 1. The largest absolute Gasteiger partial charge is 0.354 e. The van der Waals surface area contributed by atoms with Crippen LogP contribution in [0.5, 0.6) is 0 Å². The van der Waals surface area contributed by atoms with Crippen LogP contribution >= 0.6 is 0 Å². The van der Waals surface area contributed by atoms with Gasteiger partial charge in [0.2, 0.25) is 0 Å². The van der Waals surface area contributed by atoms with Crippen LogP contribution in [-0.2, 0) is 0 Å². The quantitative estimate of drug-likeness (QED) is 0.833. The van der Waals surface area contributed by atoms with Gasteiger partial charge in [0.05, 0.1) is 30.4 Å². The number of amides is 2. The molecule has 1 saturated heterocycles. The fourth-order valence-electron chi connectivity index (χ4n) is 4.08. The SMILES string of the molecule is N#CCCN(CCC#N)C(=O)N1CCN(c2ncnc3[nH]ccc23)CC2(CC2)C1. The number of nitriles is 2. The van der Waals surface area contributed by atoms with Gasteiger partial charge in [-0.1, -0.05) is 0 Å². The lowest BCUT2D eigenvalue weighted by Gasteiger charge is -2.30. The molecule has 0 aromatic carbocycles. The minimum absolute atomic E-state index is 0.0712. The molecule has 1 saturated carbocycles. The molecule has 2 aliphatic rings. The highest BCUT2D eigenvalue weighted by Gasteiger charge is 2.48. The van der Waals surface area contributed by atoms with Crippen molar-refractivity contribution in [3.63, 3.8) is 0 Å². The summed E-state index contributed by atoms with van der Waals surface area (Å²) < 4.78 is 0. The van der Waals surface area contributed by atoms with E-state index < -0.39 is 0 Å². The Kier molecular flexibility index (Phi) is 5.22. The second-order valence-electron chi connectivity index (χ2n) is 7.87. The average Bonchev–Trinajstić information content (AvgIpc) is 3.38. The van der Waals surface area contributed by atoms with Crippen LogP contribution in [0.2, 0.25) is 0 Å². The average molecular weight is 392 g/mol. The van der Waals surface area contributed by atoms with Gasteiger partial charge in [-0.05, 0) is 18.9 Å². The minimum Gasteiger partial charge on any atom is -0.354 e. The van der Waals surface area contributed by atoms with Gasteiger partial charge in [0.25, 0.3) is 0 Å². The molecule has 9 nitrogen and oxygen atoms in total. The topological polar surface area (TPSA) is 116 Å². The third-order valence-electron chi connectivity index (χ3n) is 5.81. The standard InChI is InChI=1S/C20H24N8O/c21-6-1-9-26(10-2-7-22)19(29)28-12-11-27(13-20(14-28)4-5-20)18-16-3-8-23-17(16)24-15-25-18/h3,8,15H,1-2,4-5,9-14H2,(H,23,24,25). The van der Waals surface area contributed by atoms with Crippen LogP contribution in [0.25, 0.3) is 11.0 Å². The number of hydrogen-bond donors (Lipinski definition) is 1. The van der Waals surface area contributed by atoms with Crippen molar-refractivity contribution >= 4 is 22.9 Å². The number of H-pyrrole nitrogens is 1. The molecule has 150 valence electrons. The Hall–Kier alpha value is -3.33. The van der Waals surface area contributed by atoms with Crippen LogP contribution in [-0.4, -0.2) is 70.1 Å². The van der Waals surface area contributed by atoms with Crippen molar-refractivity contribution in [2.75, 3.05) is 44.2 Å². The molecule has 0 radical (unpaired) electrons. The van der Waals surface area contributed by atoms with E-state index in [0.29, 0.717) is 32.7 Å². The van der Waals surface area contributed by atoms with E-state index in [9.17, 15) is 4.79 Å². The second kappa shape index (κ2) is 7.96. The lowest BCUT2D eigenvalue weighted by molar-refractivity contribution is 0.150. The van der Waals surface area contributed by atoms with Gasteiger partial charge in [0.15, 0.2) is 0 Å². The summed E-state index contributed by atoms with van der Waals surface area (Å²) in [5, 5.41) is 18.8. The maximum atomic E-state index is 13.2. The molecule has 4 rings (SSSR count). The second-order valence-corrected chi connectivity index (χ2v) is 7.87. The molecule has 2 amide bonds. The maximum absolute atomic E-state index is 13.2. The summed E-state index contributed by atoms with van der Waals surface area (Å²) in [7, 11) is 0. The molecule has 2 fully saturated rings. The van der Waals surface area contributed by atoms with E-state index >= 15 is 0 Å². The maximum Gasteiger partial charge on any atom is 0.320 e. The Balaban J connectivity index is 1.53. The lowest BCUT2D eigenvalue weighted by atomic mass is 10.1. The fraction of sp³-hybridized carbons (Fsp3) is 0.550. The Morgan fingerprint density at radius 1 is 1.17 bits per heavy atom. The van der Waals surface area contributed by atoms with E-state index in [1.54, 1.807) is 11.2 Å². The van der Waals surface area contributed by atoms with Crippen molar-refractivity contribution in [3.05, 3.63) is 18.6 Å². The molecule has 1 N–H and O–H groups in total. The molecule has 1 aliphatic heterocycles. The first-order valence-corrected chi connectivity index (χ1v) is 9.97. The number of nitrogens with one attached hydrogen (secondary N) is 1. The van der Waals surface area contributed by atoms with E-state index in [4.69, 9.17) is 10.5 Å². The molecule has 0 atom stereocenters. The van der Waals surface area contributed by atoms with Crippen molar-refractivity contribution < 1.29 is 4.79 Å². The van der Waals surface area contributed by atoms with Crippen LogP contribution in [0.1, 0.15) is 25.7 Å². The van der Waals surface area contributed by atoms with Crippen LogP contribution in [0.4, 0.5) is 10.6 Å². The highest BCUT2D eigenvalue weighted by Crippen LogP contribution is 2.48. The number of aromatic nitrogens is 3. The van der Waals surface area contributed by atoms with E-state index in [2.05, 4.69) is 32.0 Å². The molecule has 1 spiro atoms. The lowest BCUT2D eigenvalue weighted by Crippen LogP contribution is -2.46. The van der Waals surface area contributed by atoms with Crippen molar-refractivity contribution in [1.82, 2.24) is 24.8 Å². The number of urea groups is 1. The summed E-state index contributed by atoms with van der Waals surface area (Å²) in [6.07, 6.45) is 6.16. The van der Waals surface area contributed by atoms with Gasteiger partial charge >= 0.3 is 6.03 Å². The summed E-state index contributed by atoms with van der Waals surface area (Å²) in [6.45, 7) is 3.57. The molecular formula is C20H24N8O. The first-order chi connectivity index (χ1) is 14.2. The highest BCUT2D eigenvalue weighted by molar-refractivity contribution is 5.87. The number of anilines is 1. The predicted octanol–water partition coefficient (Wildman–Crippen LogP) is 2.11. The van der Waals surface area contributed by atoms with Crippen LogP contribution in [0, 0.1) is 28.1 Å². The van der Waals surface area contributed by atoms with E-state index in [1.807, 2.05) is 17.2 Å². The summed E-state index contributed by atoms with van der Waals surface area (Å²) in [5.41, 5.74) is 0.909. The van der Waals surface area contributed by atoms with Gasteiger partial charge in [-0.3, -0.25) is 0 Å². The van der Waals surface area contributed by atoms with E-state index in [-0.39, 0.29) is 24.3 Å². The molecule has 29 heavy (non-hydrogen) atoms. The zero-order valence-electron chi connectivity index (χ0n) is 16.3. The molecule has 0 bridgehead atoms. The molecule has 9 heteroatoms.